The molecule has 0 saturated heterocycles. The van der Waals surface area contributed by atoms with Gasteiger partial charge in [0.1, 0.15) is 18.1 Å². The Morgan fingerprint density at radius 3 is 2.23 bits per heavy atom. The van der Waals surface area contributed by atoms with Crippen molar-refractivity contribution in [1.29, 1.82) is 0 Å². The van der Waals surface area contributed by atoms with Crippen molar-refractivity contribution in [3.8, 4) is 0 Å². The van der Waals surface area contributed by atoms with E-state index in [0.717, 1.165) is 4.47 Å². The van der Waals surface area contributed by atoms with Gasteiger partial charge in [0.05, 0.1) is 11.4 Å². The second-order valence-corrected chi connectivity index (χ2v) is 9.24. The Bertz CT molecular complexity index is 1310. The molecule has 1 heterocycles. The molecule has 152 valence electrons. The number of hydrogen-bond donors (Lipinski definition) is 1. The minimum Gasteiger partial charge on any atom is -0.287 e. The lowest BCUT2D eigenvalue weighted by Crippen LogP contribution is -2.35. The first-order valence-electron chi connectivity index (χ1n) is 9.10. The lowest BCUT2D eigenvalue weighted by atomic mass is 9.90. The average Bonchev–Trinajstić information content (AvgIpc) is 3.21. The van der Waals surface area contributed by atoms with E-state index in [-0.39, 0.29) is 27.4 Å². The summed E-state index contributed by atoms with van der Waals surface area (Å²) in [5.74, 6) is -0.991. The van der Waals surface area contributed by atoms with Crippen LogP contribution in [-0.2, 0) is 16.6 Å². The van der Waals surface area contributed by atoms with E-state index in [9.17, 15) is 18.0 Å². The predicted molar refractivity (Wildman–Crippen MR) is 113 cm³/mol. The summed E-state index contributed by atoms with van der Waals surface area (Å²) in [7, 11) is -4.10. The van der Waals surface area contributed by atoms with Gasteiger partial charge in [0, 0.05) is 15.6 Å². The number of benzene rings is 2. The fraction of sp³-hybridized carbons (Fsp3) is 0.0952. The Morgan fingerprint density at radius 1 is 1.00 bits per heavy atom. The highest BCUT2D eigenvalue weighted by atomic mass is 79.9. The number of Topliss-reactive ketones (excluding diaryl/α,β-unsaturated/α-hetero) is 2. The second-order valence-electron chi connectivity index (χ2n) is 6.64. The Labute approximate surface area is 181 Å². The number of nitrogens with zero attached hydrogens (tertiary/aromatic N) is 2. The molecule has 1 aromatic heterocycles. The number of rotatable bonds is 5. The van der Waals surface area contributed by atoms with E-state index in [1.807, 2.05) is 11.5 Å². The van der Waals surface area contributed by atoms with Crippen molar-refractivity contribution in [3.05, 3.63) is 88.5 Å². The van der Waals surface area contributed by atoms with Crippen molar-refractivity contribution >= 4 is 43.2 Å². The van der Waals surface area contributed by atoms with Crippen molar-refractivity contribution in [3.63, 3.8) is 0 Å². The van der Waals surface area contributed by atoms with Crippen LogP contribution in [0.5, 0.6) is 0 Å². The van der Waals surface area contributed by atoms with Gasteiger partial charge in [-0.1, -0.05) is 40.2 Å². The van der Waals surface area contributed by atoms with Crippen LogP contribution in [0, 0.1) is 0 Å². The van der Waals surface area contributed by atoms with E-state index >= 15 is 0 Å². The van der Waals surface area contributed by atoms with Crippen molar-refractivity contribution in [2.75, 3.05) is 0 Å². The van der Waals surface area contributed by atoms with Crippen LogP contribution in [0.15, 0.2) is 82.3 Å². The molecule has 0 aliphatic heterocycles. The van der Waals surface area contributed by atoms with E-state index in [1.54, 1.807) is 49.1 Å². The third kappa shape index (κ3) is 3.50. The minimum absolute atomic E-state index is 0.0206. The number of carbonyl (C=O) groups is 2. The molecule has 4 rings (SSSR count). The fourth-order valence-electron chi connectivity index (χ4n) is 3.22. The molecule has 0 spiro atoms. The van der Waals surface area contributed by atoms with Gasteiger partial charge in [0.25, 0.3) is 10.0 Å². The van der Waals surface area contributed by atoms with Crippen LogP contribution in [0.4, 0.5) is 0 Å². The fourth-order valence-corrected chi connectivity index (χ4v) is 4.56. The number of carbonyl (C=O) groups excluding carboxylic acids is 2. The van der Waals surface area contributed by atoms with Crippen molar-refractivity contribution < 1.29 is 22.6 Å². The number of aromatic nitrogens is 2. The molecular formula is C21H17BrN3O4S+. The molecule has 0 radical (unpaired) electrons. The minimum atomic E-state index is -4.10. The van der Waals surface area contributed by atoms with E-state index in [1.165, 1.54) is 22.8 Å². The van der Waals surface area contributed by atoms with Gasteiger partial charge in [-0.05, 0) is 31.2 Å². The SMILES string of the molecule is CC[n+]1ccn(C2=C(NS(=O)(=O)c3ccc(Br)cc3)C(=O)c3ccccc3C2=O)c1. The molecule has 7 nitrogen and oxygen atoms in total. The van der Waals surface area contributed by atoms with Crippen LogP contribution >= 0.6 is 15.9 Å². The normalized spacial score (nSPS) is 14.1. The Balaban J connectivity index is 1.89. The van der Waals surface area contributed by atoms with Crippen LogP contribution < -0.4 is 9.29 Å². The van der Waals surface area contributed by atoms with E-state index in [4.69, 9.17) is 0 Å². The van der Waals surface area contributed by atoms with Gasteiger partial charge in [-0.3, -0.25) is 14.3 Å². The predicted octanol–water partition coefficient (Wildman–Crippen LogP) is 2.78. The molecule has 2 aromatic carbocycles. The number of nitrogens with one attached hydrogen (secondary N) is 1. The summed E-state index contributed by atoms with van der Waals surface area (Å²) in [5, 5.41) is 0. The van der Waals surface area contributed by atoms with Crippen molar-refractivity contribution in [2.24, 2.45) is 0 Å². The highest BCUT2D eigenvalue weighted by Gasteiger charge is 2.38. The first-order valence-corrected chi connectivity index (χ1v) is 11.4. The van der Waals surface area contributed by atoms with Crippen LogP contribution in [-0.4, -0.2) is 24.6 Å². The third-order valence-electron chi connectivity index (χ3n) is 4.77. The molecule has 0 amide bonds. The molecule has 3 aromatic rings. The smallest absolute Gasteiger partial charge is 0.262 e. The lowest BCUT2D eigenvalue weighted by molar-refractivity contribution is -0.692. The molecule has 1 aliphatic carbocycles. The molecule has 0 atom stereocenters. The van der Waals surface area contributed by atoms with Crippen molar-refractivity contribution in [1.82, 2.24) is 9.29 Å². The average molecular weight is 487 g/mol. The maximum Gasteiger partial charge on any atom is 0.262 e. The standard InChI is InChI=1S/C21H16BrN3O4S/c1-2-24-11-12-25(13-24)19-18(20(26)16-5-3-4-6-17(16)21(19)27)23-30(28,29)15-9-7-14(22)8-10-15/h3-13H,2H2,1H3/p+1. The molecule has 0 unspecified atom stereocenters. The summed E-state index contributed by atoms with van der Waals surface area (Å²) < 4.78 is 32.3. The van der Waals surface area contributed by atoms with Gasteiger partial charge >= 0.3 is 0 Å². The van der Waals surface area contributed by atoms with Gasteiger partial charge < -0.3 is 0 Å². The highest BCUT2D eigenvalue weighted by Crippen LogP contribution is 2.29. The maximum absolute atomic E-state index is 13.3. The van der Waals surface area contributed by atoms with Gasteiger partial charge in [-0.2, -0.15) is 4.57 Å². The molecule has 0 saturated carbocycles. The quantitative estimate of drug-likeness (QED) is 0.561. The van der Waals surface area contributed by atoms with Crippen LogP contribution in [0.25, 0.3) is 5.70 Å². The maximum atomic E-state index is 13.3. The highest BCUT2D eigenvalue weighted by molar-refractivity contribution is 9.10. The number of aryl methyl sites for hydroxylation is 1. The summed E-state index contributed by atoms with van der Waals surface area (Å²) in [6.45, 7) is 2.58. The summed E-state index contributed by atoms with van der Waals surface area (Å²) in [4.78, 5) is 26.5. The number of sulfonamides is 1. The molecular weight excluding hydrogens is 470 g/mol. The number of halogens is 1. The zero-order valence-corrected chi connectivity index (χ0v) is 18.3. The first-order chi connectivity index (χ1) is 14.3. The van der Waals surface area contributed by atoms with Gasteiger partial charge in [-0.25, -0.2) is 13.0 Å². The van der Waals surface area contributed by atoms with Gasteiger partial charge in [-0.15, -0.1) is 0 Å². The third-order valence-corrected chi connectivity index (χ3v) is 6.66. The zero-order chi connectivity index (χ0) is 21.5. The van der Waals surface area contributed by atoms with Gasteiger partial charge in [0.15, 0.2) is 0 Å². The monoisotopic (exact) mass is 486 g/mol. The molecule has 0 fully saturated rings. The van der Waals surface area contributed by atoms with Crippen molar-refractivity contribution in [2.45, 2.75) is 18.4 Å². The summed E-state index contributed by atoms with van der Waals surface area (Å²) >= 11 is 3.27. The largest absolute Gasteiger partial charge is 0.287 e. The lowest BCUT2D eigenvalue weighted by Gasteiger charge is -2.19. The number of imidazole rings is 1. The first kappa shape index (κ1) is 20.2. The number of fused-ring (bicyclic) bond motifs is 1. The number of hydrogen-bond acceptors (Lipinski definition) is 4. The Kier molecular flexibility index (Phi) is 5.17. The van der Waals surface area contributed by atoms with Crippen LogP contribution in [0.3, 0.4) is 0 Å². The number of allylic oxidation sites excluding steroid dienone is 2. The Morgan fingerprint density at radius 2 is 1.63 bits per heavy atom. The molecule has 9 heteroatoms. The van der Waals surface area contributed by atoms with Crippen LogP contribution in [0.1, 0.15) is 27.6 Å². The molecule has 30 heavy (non-hydrogen) atoms. The topological polar surface area (TPSA) is 89.1 Å². The van der Waals surface area contributed by atoms with E-state index in [0.29, 0.717) is 6.54 Å². The van der Waals surface area contributed by atoms with E-state index < -0.39 is 21.6 Å². The van der Waals surface area contributed by atoms with Gasteiger partial charge in [0.2, 0.25) is 23.6 Å². The van der Waals surface area contributed by atoms with Crippen LogP contribution in [0.2, 0.25) is 0 Å². The molecule has 1 aliphatic rings. The summed E-state index contributed by atoms with van der Waals surface area (Å²) in [5.41, 5.74) is 0.0863. The Hall–Kier alpha value is -3.04. The number of ketones is 2. The summed E-state index contributed by atoms with van der Waals surface area (Å²) in [6, 6.07) is 12.4. The second kappa shape index (κ2) is 7.66. The molecule has 0 bridgehead atoms. The summed E-state index contributed by atoms with van der Waals surface area (Å²) in [6.07, 6.45) is 5.00. The zero-order valence-electron chi connectivity index (χ0n) is 15.9. The van der Waals surface area contributed by atoms with E-state index in [2.05, 4.69) is 20.7 Å². The molecule has 1 N–H and O–H groups in total.